The lowest BCUT2D eigenvalue weighted by atomic mass is 9.89. The number of aryl methyl sites for hydroxylation is 6. The Bertz CT molecular complexity index is 1360. The third kappa shape index (κ3) is 4.95. The minimum Gasteiger partial charge on any atom is -0.300 e. The van der Waals surface area contributed by atoms with Gasteiger partial charge >= 0.3 is 0 Å². The summed E-state index contributed by atoms with van der Waals surface area (Å²) >= 11 is 0. The Hall–Kier alpha value is -3.02. The van der Waals surface area contributed by atoms with Crippen LogP contribution in [0.25, 0.3) is 22.3 Å². The molecule has 1 aliphatic rings. The van der Waals surface area contributed by atoms with Gasteiger partial charge in [0.15, 0.2) is 0 Å². The maximum Gasteiger partial charge on any atom is 0.134 e. The Kier molecular flexibility index (Phi) is 7.19. The van der Waals surface area contributed by atoms with E-state index in [9.17, 15) is 4.79 Å². The molecule has 188 valence electrons. The van der Waals surface area contributed by atoms with Crippen LogP contribution in [0.15, 0.2) is 72.8 Å². The lowest BCUT2D eigenvalue weighted by molar-refractivity contribution is -0.118. The van der Waals surface area contributed by atoms with E-state index < -0.39 is 7.92 Å². The van der Waals surface area contributed by atoms with Crippen LogP contribution in [0.4, 0.5) is 0 Å². The highest BCUT2D eigenvalue weighted by molar-refractivity contribution is 7.66. The molecule has 2 unspecified atom stereocenters. The molecular weight excluding hydrogens is 467 g/mol. The van der Waals surface area contributed by atoms with Gasteiger partial charge in [-0.05, 0) is 103 Å². The van der Waals surface area contributed by atoms with Gasteiger partial charge in [-0.25, -0.2) is 0 Å². The first-order chi connectivity index (χ1) is 17.7. The summed E-state index contributed by atoms with van der Waals surface area (Å²) in [7, 11) is -0.608. The molecule has 0 N–H and O–H groups in total. The molecule has 37 heavy (non-hydrogen) atoms. The van der Waals surface area contributed by atoms with Crippen molar-refractivity contribution >= 4 is 19.0 Å². The lowest BCUT2D eigenvalue weighted by Gasteiger charge is -2.36. The fourth-order valence-corrected chi connectivity index (χ4v) is 9.82. The average molecular weight is 505 g/mol. The minimum atomic E-state index is -0.608. The Morgan fingerprint density at radius 3 is 1.62 bits per heavy atom. The van der Waals surface area contributed by atoms with Crippen molar-refractivity contribution in [2.75, 3.05) is 6.16 Å². The Morgan fingerprint density at radius 2 is 1.14 bits per heavy atom. The van der Waals surface area contributed by atoms with Crippen LogP contribution >= 0.6 is 7.92 Å². The summed E-state index contributed by atoms with van der Waals surface area (Å²) in [5.41, 5.74) is 14.9. The molecule has 0 saturated carbocycles. The molecule has 1 nitrogen and oxygen atoms in total. The second kappa shape index (κ2) is 10.4. The number of ketones is 1. The molecule has 1 fully saturated rings. The van der Waals surface area contributed by atoms with Crippen LogP contribution in [0.3, 0.4) is 0 Å². The first-order valence-electron chi connectivity index (χ1n) is 13.4. The second-order valence-corrected chi connectivity index (χ2v) is 13.3. The molecule has 1 heterocycles. The zero-order chi connectivity index (χ0) is 26.3. The molecular formula is C35H37OP. The zero-order valence-electron chi connectivity index (χ0n) is 23.0. The SMILES string of the molecule is Cc1cc(C)c(-c2cccc(-c3c(C)cc(C)cc3C)c2P2CCC(=O)CC2c2ccccc2)c(C)c1. The highest BCUT2D eigenvalue weighted by Crippen LogP contribution is 2.58. The number of carbonyl (C=O) groups excluding carboxylic acids is 1. The molecule has 5 rings (SSSR count). The molecule has 0 radical (unpaired) electrons. The predicted molar refractivity (Wildman–Crippen MR) is 161 cm³/mol. The van der Waals surface area contributed by atoms with Gasteiger partial charge in [0, 0.05) is 18.5 Å². The van der Waals surface area contributed by atoms with Gasteiger partial charge in [-0.2, -0.15) is 0 Å². The highest BCUT2D eigenvalue weighted by Gasteiger charge is 2.35. The summed E-state index contributed by atoms with van der Waals surface area (Å²) in [6.45, 7) is 13.4. The first kappa shape index (κ1) is 25.6. The van der Waals surface area contributed by atoms with Gasteiger partial charge in [0.25, 0.3) is 0 Å². The maximum atomic E-state index is 12.8. The van der Waals surface area contributed by atoms with E-state index in [1.54, 1.807) is 0 Å². The number of hydrogen-bond acceptors (Lipinski definition) is 1. The van der Waals surface area contributed by atoms with Crippen molar-refractivity contribution in [1.29, 1.82) is 0 Å². The van der Waals surface area contributed by atoms with Crippen LogP contribution in [0.5, 0.6) is 0 Å². The van der Waals surface area contributed by atoms with Crippen molar-refractivity contribution < 1.29 is 4.79 Å². The van der Waals surface area contributed by atoms with Gasteiger partial charge in [0.2, 0.25) is 0 Å². The van der Waals surface area contributed by atoms with Crippen molar-refractivity contribution in [3.63, 3.8) is 0 Å². The molecule has 4 aromatic rings. The van der Waals surface area contributed by atoms with E-state index in [2.05, 4.69) is 114 Å². The van der Waals surface area contributed by atoms with Gasteiger partial charge in [-0.15, -0.1) is 0 Å². The number of carbonyl (C=O) groups is 1. The summed E-state index contributed by atoms with van der Waals surface area (Å²) in [5.74, 6) is 0.400. The minimum absolute atomic E-state index is 0.245. The smallest absolute Gasteiger partial charge is 0.134 e. The fourth-order valence-electron chi connectivity index (χ4n) is 6.54. The van der Waals surface area contributed by atoms with Crippen molar-refractivity contribution in [3.05, 3.63) is 112 Å². The summed E-state index contributed by atoms with van der Waals surface area (Å²) in [6.07, 6.45) is 2.27. The van der Waals surface area contributed by atoms with Crippen molar-refractivity contribution in [2.45, 2.75) is 60.0 Å². The standard InChI is InChI=1S/C35H37OP/c1-22-17-24(3)33(25(4)18-22)30-13-10-14-31(34-26(5)19-23(2)20-27(34)6)35(30)37-16-15-29(36)21-32(37)28-11-8-7-9-12-28/h7-14,17-20,32H,15-16,21H2,1-6H3. The Balaban J connectivity index is 1.84. The Morgan fingerprint density at radius 1 is 0.649 bits per heavy atom. The average Bonchev–Trinajstić information content (AvgIpc) is 2.84. The number of hydrogen-bond donors (Lipinski definition) is 0. The zero-order valence-corrected chi connectivity index (χ0v) is 23.9. The van der Waals surface area contributed by atoms with Gasteiger partial charge in [0.1, 0.15) is 5.78 Å². The van der Waals surface area contributed by atoms with E-state index in [-0.39, 0.29) is 5.66 Å². The van der Waals surface area contributed by atoms with Gasteiger partial charge in [-0.3, -0.25) is 4.79 Å². The summed E-state index contributed by atoms with van der Waals surface area (Å²) in [6, 6.07) is 26.9. The summed E-state index contributed by atoms with van der Waals surface area (Å²) < 4.78 is 0. The molecule has 4 aromatic carbocycles. The number of benzene rings is 4. The molecule has 0 spiro atoms. The molecule has 0 aromatic heterocycles. The van der Waals surface area contributed by atoms with Crippen LogP contribution in [-0.2, 0) is 4.79 Å². The molecule has 0 amide bonds. The van der Waals surface area contributed by atoms with E-state index >= 15 is 0 Å². The second-order valence-electron chi connectivity index (χ2n) is 10.9. The van der Waals surface area contributed by atoms with Crippen LogP contribution in [-0.4, -0.2) is 11.9 Å². The maximum absolute atomic E-state index is 12.8. The van der Waals surface area contributed by atoms with Crippen molar-refractivity contribution in [3.8, 4) is 22.3 Å². The van der Waals surface area contributed by atoms with E-state index in [0.717, 1.165) is 6.16 Å². The van der Waals surface area contributed by atoms with Crippen LogP contribution in [0, 0.1) is 41.5 Å². The molecule has 0 bridgehead atoms. The van der Waals surface area contributed by atoms with Gasteiger partial charge in [0.05, 0.1) is 0 Å². The highest BCUT2D eigenvalue weighted by atomic mass is 31.1. The summed E-state index contributed by atoms with van der Waals surface area (Å²) in [4.78, 5) is 12.8. The molecule has 0 aliphatic carbocycles. The molecule has 2 atom stereocenters. The Labute approximate surface area is 223 Å². The van der Waals surface area contributed by atoms with E-state index in [1.165, 1.54) is 66.5 Å². The fraction of sp³-hybridized carbons (Fsp3) is 0.286. The van der Waals surface area contributed by atoms with E-state index in [0.29, 0.717) is 18.6 Å². The first-order valence-corrected chi connectivity index (χ1v) is 15.0. The predicted octanol–water partition coefficient (Wildman–Crippen LogP) is 9.08. The van der Waals surface area contributed by atoms with Crippen LogP contribution in [0.2, 0.25) is 0 Å². The summed E-state index contributed by atoms with van der Waals surface area (Å²) in [5, 5.41) is 1.48. The number of Topliss-reactive ketones (excluding diaryl/α,β-unsaturated/α-hetero) is 1. The molecule has 1 saturated heterocycles. The van der Waals surface area contributed by atoms with Gasteiger partial charge < -0.3 is 0 Å². The van der Waals surface area contributed by atoms with E-state index in [1.807, 2.05) is 0 Å². The largest absolute Gasteiger partial charge is 0.300 e. The lowest BCUT2D eigenvalue weighted by Crippen LogP contribution is -2.23. The van der Waals surface area contributed by atoms with Crippen molar-refractivity contribution in [2.24, 2.45) is 0 Å². The normalized spacial score (nSPS) is 17.7. The van der Waals surface area contributed by atoms with Crippen molar-refractivity contribution in [1.82, 2.24) is 0 Å². The monoisotopic (exact) mass is 504 g/mol. The topological polar surface area (TPSA) is 17.1 Å². The quantitative estimate of drug-likeness (QED) is 0.253. The van der Waals surface area contributed by atoms with Gasteiger partial charge in [-0.1, -0.05) is 91.8 Å². The number of rotatable bonds is 4. The van der Waals surface area contributed by atoms with E-state index in [4.69, 9.17) is 0 Å². The van der Waals surface area contributed by atoms with Crippen LogP contribution < -0.4 is 5.30 Å². The third-order valence-electron chi connectivity index (χ3n) is 7.83. The third-order valence-corrected chi connectivity index (χ3v) is 10.8. The molecule has 1 aliphatic heterocycles. The van der Waals surface area contributed by atoms with Crippen LogP contribution in [0.1, 0.15) is 57.4 Å². The molecule has 2 heteroatoms.